The van der Waals surface area contributed by atoms with Crippen LogP contribution in [0.25, 0.3) is 0 Å². The number of hydrogen-bond donors (Lipinski definition) is 2. The molecule has 0 amide bonds. The molecule has 1 atom stereocenters. The standard InChI is InChI=1S/C16H33NO4/c1-4-7-11-20-13-14-21-12-8-9-16(6-3,15(18)19)17-10-5-2/h17H,4-14H2,1-3H3,(H,18,19). The maximum Gasteiger partial charge on any atom is 0.323 e. The van der Waals surface area contributed by atoms with Gasteiger partial charge in [0.2, 0.25) is 0 Å². The van der Waals surface area contributed by atoms with Crippen molar-refractivity contribution in [1.82, 2.24) is 5.32 Å². The largest absolute Gasteiger partial charge is 0.480 e. The van der Waals surface area contributed by atoms with Crippen LogP contribution in [0, 0.1) is 0 Å². The summed E-state index contributed by atoms with van der Waals surface area (Å²) in [6, 6.07) is 0. The third-order valence-corrected chi connectivity index (χ3v) is 3.63. The Morgan fingerprint density at radius 1 is 1.00 bits per heavy atom. The molecule has 1 unspecified atom stereocenters. The van der Waals surface area contributed by atoms with Crippen LogP contribution >= 0.6 is 0 Å². The Morgan fingerprint density at radius 3 is 2.10 bits per heavy atom. The van der Waals surface area contributed by atoms with Crippen molar-refractivity contribution in [2.24, 2.45) is 0 Å². The first kappa shape index (κ1) is 20.3. The topological polar surface area (TPSA) is 67.8 Å². The zero-order valence-corrected chi connectivity index (χ0v) is 14.0. The van der Waals surface area contributed by atoms with E-state index in [-0.39, 0.29) is 0 Å². The first-order valence-corrected chi connectivity index (χ1v) is 8.26. The van der Waals surface area contributed by atoms with Crippen molar-refractivity contribution >= 4 is 5.97 Å². The molecule has 126 valence electrons. The van der Waals surface area contributed by atoms with Gasteiger partial charge in [0.25, 0.3) is 0 Å². The van der Waals surface area contributed by atoms with E-state index < -0.39 is 11.5 Å². The second-order valence-electron chi connectivity index (χ2n) is 5.35. The molecule has 0 aromatic rings. The van der Waals surface area contributed by atoms with Crippen LogP contribution in [0.15, 0.2) is 0 Å². The van der Waals surface area contributed by atoms with Crippen LogP contribution in [-0.2, 0) is 14.3 Å². The van der Waals surface area contributed by atoms with E-state index in [1.165, 1.54) is 0 Å². The average Bonchev–Trinajstić information content (AvgIpc) is 2.48. The van der Waals surface area contributed by atoms with E-state index in [9.17, 15) is 9.90 Å². The highest BCUT2D eigenvalue weighted by Gasteiger charge is 2.35. The van der Waals surface area contributed by atoms with Crippen LogP contribution in [-0.4, -0.2) is 49.6 Å². The summed E-state index contributed by atoms with van der Waals surface area (Å²) in [7, 11) is 0. The predicted molar refractivity (Wildman–Crippen MR) is 84.7 cm³/mol. The molecule has 5 heteroatoms. The minimum atomic E-state index is -0.809. The molecule has 0 rings (SSSR count). The van der Waals surface area contributed by atoms with Gasteiger partial charge in [0.05, 0.1) is 13.2 Å². The van der Waals surface area contributed by atoms with Crippen LogP contribution in [0.2, 0.25) is 0 Å². The van der Waals surface area contributed by atoms with Gasteiger partial charge in [-0.2, -0.15) is 0 Å². The van der Waals surface area contributed by atoms with Gasteiger partial charge >= 0.3 is 5.97 Å². The van der Waals surface area contributed by atoms with E-state index >= 15 is 0 Å². The fourth-order valence-electron chi connectivity index (χ4n) is 2.13. The monoisotopic (exact) mass is 303 g/mol. The Labute approximate surface area is 129 Å². The van der Waals surface area contributed by atoms with Gasteiger partial charge in [-0.1, -0.05) is 27.2 Å². The molecule has 0 aromatic carbocycles. The number of ether oxygens (including phenoxy) is 2. The minimum Gasteiger partial charge on any atom is -0.480 e. The summed E-state index contributed by atoms with van der Waals surface area (Å²) in [4.78, 5) is 11.5. The van der Waals surface area contributed by atoms with Crippen LogP contribution in [0.3, 0.4) is 0 Å². The Bertz CT molecular complexity index is 261. The SMILES string of the molecule is CCCCOCCOCCCC(CC)(NCCC)C(=O)O. The lowest BCUT2D eigenvalue weighted by Gasteiger charge is -2.29. The third-order valence-electron chi connectivity index (χ3n) is 3.63. The van der Waals surface area contributed by atoms with Gasteiger partial charge in [-0.15, -0.1) is 0 Å². The summed E-state index contributed by atoms with van der Waals surface area (Å²) in [6.45, 7) is 9.39. The molecule has 0 aliphatic heterocycles. The molecule has 5 nitrogen and oxygen atoms in total. The van der Waals surface area contributed by atoms with Crippen molar-refractivity contribution in [3.05, 3.63) is 0 Å². The van der Waals surface area contributed by atoms with E-state index in [1.807, 2.05) is 13.8 Å². The lowest BCUT2D eigenvalue weighted by molar-refractivity contribution is -0.145. The smallest absolute Gasteiger partial charge is 0.323 e. The first-order valence-electron chi connectivity index (χ1n) is 8.26. The van der Waals surface area contributed by atoms with Crippen molar-refractivity contribution in [2.45, 2.75) is 64.8 Å². The summed E-state index contributed by atoms with van der Waals surface area (Å²) in [5.41, 5.74) is -0.809. The number of aliphatic carboxylic acids is 1. The van der Waals surface area contributed by atoms with Crippen molar-refractivity contribution < 1.29 is 19.4 Å². The molecule has 0 heterocycles. The van der Waals surface area contributed by atoms with Crippen molar-refractivity contribution in [3.8, 4) is 0 Å². The molecule has 21 heavy (non-hydrogen) atoms. The zero-order valence-electron chi connectivity index (χ0n) is 14.0. The molecule has 2 N–H and O–H groups in total. The van der Waals surface area contributed by atoms with Gasteiger partial charge in [-0.25, -0.2) is 0 Å². The first-order chi connectivity index (χ1) is 10.1. The molecule has 0 spiro atoms. The van der Waals surface area contributed by atoms with E-state index in [0.717, 1.165) is 38.8 Å². The number of nitrogens with one attached hydrogen (secondary N) is 1. The van der Waals surface area contributed by atoms with Gasteiger partial charge in [-0.05, 0) is 38.6 Å². The number of unbranched alkanes of at least 4 members (excludes halogenated alkanes) is 1. The summed E-state index contributed by atoms with van der Waals surface area (Å²) in [5, 5.41) is 12.6. The van der Waals surface area contributed by atoms with Crippen LogP contribution in [0.1, 0.15) is 59.3 Å². The Hall–Kier alpha value is -0.650. The lowest BCUT2D eigenvalue weighted by Crippen LogP contribution is -2.52. The number of rotatable bonds is 15. The van der Waals surface area contributed by atoms with Gasteiger partial charge < -0.3 is 19.9 Å². The fraction of sp³-hybridized carbons (Fsp3) is 0.938. The van der Waals surface area contributed by atoms with Gasteiger partial charge in [0.15, 0.2) is 0 Å². The Balaban J connectivity index is 3.80. The van der Waals surface area contributed by atoms with Crippen LogP contribution in [0.5, 0.6) is 0 Å². The normalized spacial score (nSPS) is 14.0. The van der Waals surface area contributed by atoms with Crippen molar-refractivity contribution in [3.63, 3.8) is 0 Å². The van der Waals surface area contributed by atoms with Crippen molar-refractivity contribution in [2.75, 3.05) is 33.0 Å². The van der Waals surface area contributed by atoms with Gasteiger partial charge in [-0.3, -0.25) is 4.79 Å². The highest BCUT2D eigenvalue weighted by atomic mass is 16.5. The molecule has 0 fully saturated rings. The molecule has 0 radical (unpaired) electrons. The summed E-state index contributed by atoms with van der Waals surface area (Å²) >= 11 is 0. The van der Waals surface area contributed by atoms with E-state index in [1.54, 1.807) is 0 Å². The lowest BCUT2D eigenvalue weighted by atomic mass is 9.90. The number of carboxylic acids is 1. The molecular formula is C16H33NO4. The second-order valence-corrected chi connectivity index (χ2v) is 5.35. The molecule has 0 aliphatic rings. The van der Waals surface area contributed by atoms with Gasteiger partial charge in [0, 0.05) is 13.2 Å². The highest BCUT2D eigenvalue weighted by Crippen LogP contribution is 2.18. The number of carboxylic acid groups (broad SMARTS) is 1. The maximum atomic E-state index is 11.5. The highest BCUT2D eigenvalue weighted by molar-refractivity contribution is 5.78. The molecule has 0 bridgehead atoms. The van der Waals surface area contributed by atoms with E-state index in [4.69, 9.17) is 9.47 Å². The second kappa shape index (κ2) is 13.0. The summed E-state index contributed by atoms with van der Waals surface area (Å²) in [5.74, 6) is -0.763. The van der Waals surface area contributed by atoms with Gasteiger partial charge in [0.1, 0.15) is 5.54 Å². The molecule has 0 aromatic heterocycles. The maximum absolute atomic E-state index is 11.5. The molecule has 0 saturated heterocycles. The number of carbonyl (C=O) groups is 1. The summed E-state index contributed by atoms with van der Waals surface area (Å²) < 4.78 is 10.9. The van der Waals surface area contributed by atoms with Crippen molar-refractivity contribution in [1.29, 1.82) is 0 Å². The quantitative estimate of drug-likeness (QED) is 0.455. The van der Waals surface area contributed by atoms with Crippen LogP contribution in [0.4, 0.5) is 0 Å². The Morgan fingerprint density at radius 2 is 1.62 bits per heavy atom. The number of hydrogen-bond acceptors (Lipinski definition) is 4. The predicted octanol–water partition coefficient (Wildman–Crippen LogP) is 2.83. The Kier molecular flexibility index (Phi) is 12.6. The van der Waals surface area contributed by atoms with Crippen LogP contribution < -0.4 is 5.32 Å². The third kappa shape index (κ3) is 9.06. The average molecular weight is 303 g/mol. The van der Waals surface area contributed by atoms with E-state index in [0.29, 0.717) is 32.7 Å². The summed E-state index contributed by atoms with van der Waals surface area (Å²) in [6.07, 6.45) is 5.07. The fourth-order valence-corrected chi connectivity index (χ4v) is 2.13. The molecule has 0 saturated carbocycles. The molecular weight excluding hydrogens is 270 g/mol. The molecule has 0 aliphatic carbocycles. The zero-order chi connectivity index (χ0) is 16.0. The minimum absolute atomic E-state index is 0.582. The van der Waals surface area contributed by atoms with E-state index in [2.05, 4.69) is 12.2 Å².